The number of benzene rings is 2. The van der Waals surface area contributed by atoms with E-state index in [0.29, 0.717) is 18.7 Å². The van der Waals surface area contributed by atoms with Gasteiger partial charge in [0.25, 0.3) is 17.4 Å². The molecule has 0 radical (unpaired) electrons. The van der Waals surface area contributed by atoms with Gasteiger partial charge < -0.3 is 21.3 Å². The minimum atomic E-state index is -4.59. The van der Waals surface area contributed by atoms with Gasteiger partial charge in [-0.15, -0.1) is 0 Å². The molecule has 196 valence electrons. The van der Waals surface area contributed by atoms with Gasteiger partial charge in [-0.3, -0.25) is 14.4 Å². The topological polar surface area (TPSA) is 122 Å². The zero-order valence-corrected chi connectivity index (χ0v) is 20.5. The third kappa shape index (κ3) is 7.17. The number of aromatic nitrogens is 2. The molecule has 2 amide bonds. The maximum atomic E-state index is 13.1. The summed E-state index contributed by atoms with van der Waals surface area (Å²) in [5.41, 5.74) is 4.62. The number of amides is 2. The van der Waals surface area contributed by atoms with E-state index in [1.165, 1.54) is 25.1 Å². The predicted octanol–water partition coefficient (Wildman–Crippen LogP) is 2.62. The van der Waals surface area contributed by atoms with Crippen LogP contribution in [0.4, 0.5) is 18.9 Å². The van der Waals surface area contributed by atoms with Gasteiger partial charge in [-0.25, -0.2) is 0 Å². The average molecular weight is 517 g/mol. The number of nitrogens with one attached hydrogen (secondary N) is 2. The first-order chi connectivity index (χ1) is 17.3. The highest BCUT2D eigenvalue weighted by Gasteiger charge is 2.31. The molecule has 37 heavy (non-hydrogen) atoms. The number of likely N-dealkylation sites (N-methyl/N-ethyl adjacent to an activating group) is 1. The van der Waals surface area contributed by atoms with Crippen molar-refractivity contribution in [2.45, 2.75) is 19.1 Å². The molecule has 4 N–H and O–H groups in total. The van der Waals surface area contributed by atoms with Crippen LogP contribution < -0.4 is 21.9 Å². The van der Waals surface area contributed by atoms with E-state index in [9.17, 15) is 27.6 Å². The summed E-state index contributed by atoms with van der Waals surface area (Å²) in [5, 5.41) is 9.44. The fourth-order valence-electron chi connectivity index (χ4n) is 3.44. The number of nitrogen functional groups attached to an aromatic ring is 1. The highest BCUT2D eigenvalue weighted by molar-refractivity contribution is 5.94. The number of carbonyl (C=O) groups excluding carboxylic acids is 2. The normalized spacial score (nSPS) is 12.3. The molecule has 3 rings (SSSR count). The Kier molecular flexibility index (Phi) is 8.33. The average Bonchev–Trinajstić information content (AvgIpc) is 2.83. The first kappa shape index (κ1) is 27.4. The minimum absolute atomic E-state index is 0.0942. The Morgan fingerprint density at radius 3 is 2.49 bits per heavy atom. The first-order valence-corrected chi connectivity index (χ1v) is 11.3. The molecule has 0 saturated carbocycles. The van der Waals surface area contributed by atoms with Gasteiger partial charge in [0.05, 0.1) is 17.3 Å². The fraction of sp³-hybridized carbons (Fsp3) is 0.280. The molecule has 1 aromatic heterocycles. The Labute approximate surface area is 211 Å². The molecule has 0 aliphatic carbocycles. The quantitative estimate of drug-likeness (QED) is 0.396. The Balaban J connectivity index is 1.81. The molecule has 2 aromatic carbocycles. The monoisotopic (exact) mass is 516 g/mol. The summed E-state index contributed by atoms with van der Waals surface area (Å²) in [6.07, 6.45) is -4.59. The van der Waals surface area contributed by atoms with Gasteiger partial charge in [0.2, 0.25) is 0 Å². The van der Waals surface area contributed by atoms with Gasteiger partial charge in [0, 0.05) is 30.4 Å². The van der Waals surface area contributed by atoms with E-state index in [1.54, 1.807) is 18.2 Å². The number of anilines is 1. The summed E-state index contributed by atoms with van der Waals surface area (Å²) in [7, 11) is 3.76. The maximum Gasteiger partial charge on any atom is 0.416 e. The molecule has 0 spiro atoms. The summed E-state index contributed by atoms with van der Waals surface area (Å²) in [6, 6.07) is 10.7. The number of nitrogens with two attached hydrogens (primary N) is 1. The Hall–Kier alpha value is -4.19. The van der Waals surface area contributed by atoms with Gasteiger partial charge >= 0.3 is 6.18 Å². The maximum absolute atomic E-state index is 13.1. The summed E-state index contributed by atoms with van der Waals surface area (Å²) < 4.78 is 40.4. The first-order valence-electron chi connectivity index (χ1n) is 11.3. The highest BCUT2D eigenvalue weighted by atomic mass is 19.4. The standard InChI is InChI=1S/C25H27F3N6O3/c1-15(17-11-18(25(26,27)28)14-19(29)12-17)31-24(37)21-7-8-22(35)34(32-21)20-6-4-5-16(13-20)23(36)30-9-10-33(2)3/h4-8,11-15H,9-10,29H2,1-3H3,(H,30,36)(H,31,37)/t15-/m1/s1. The number of carbonyl (C=O) groups is 2. The summed E-state index contributed by atoms with van der Waals surface area (Å²) in [4.78, 5) is 39.7. The number of rotatable bonds is 8. The van der Waals surface area contributed by atoms with Crippen molar-refractivity contribution in [3.63, 3.8) is 0 Å². The van der Waals surface area contributed by atoms with Crippen LogP contribution in [0.25, 0.3) is 5.69 Å². The highest BCUT2D eigenvalue weighted by Crippen LogP contribution is 2.32. The molecule has 1 atom stereocenters. The van der Waals surface area contributed by atoms with Gasteiger partial charge in [0.1, 0.15) is 5.69 Å². The van der Waals surface area contributed by atoms with Crippen LogP contribution >= 0.6 is 0 Å². The van der Waals surface area contributed by atoms with E-state index in [0.717, 1.165) is 22.9 Å². The van der Waals surface area contributed by atoms with Crippen LogP contribution in [-0.2, 0) is 6.18 Å². The van der Waals surface area contributed by atoms with Crippen LogP contribution in [0.2, 0.25) is 0 Å². The van der Waals surface area contributed by atoms with Crippen LogP contribution in [0.1, 0.15) is 44.9 Å². The molecule has 3 aromatic rings. The Morgan fingerprint density at radius 2 is 1.81 bits per heavy atom. The number of hydrogen-bond acceptors (Lipinski definition) is 6. The lowest BCUT2D eigenvalue weighted by atomic mass is 10.0. The molecule has 0 aliphatic heterocycles. The second-order valence-electron chi connectivity index (χ2n) is 8.66. The lowest BCUT2D eigenvalue weighted by Gasteiger charge is -2.17. The third-order valence-corrected chi connectivity index (χ3v) is 5.38. The van der Waals surface area contributed by atoms with E-state index in [1.807, 2.05) is 19.0 Å². The molecule has 0 bridgehead atoms. The minimum Gasteiger partial charge on any atom is -0.399 e. The van der Waals surface area contributed by atoms with Crippen molar-refractivity contribution < 1.29 is 22.8 Å². The summed E-state index contributed by atoms with van der Waals surface area (Å²) in [6.45, 7) is 2.58. The molecular formula is C25H27F3N6O3. The molecule has 0 fully saturated rings. The van der Waals surface area contributed by atoms with Crippen LogP contribution in [0.5, 0.6) is 0 Å². The number of alkyl halides is 3. The van der Waals surface area contributed by atoms with Gasteiger partial charge in [0.15, 0.2) is 0 Å². The zero-order chi connectivity index (χ0) is 27.3. The van der Waals surface area contributed by atoms with Crippen LogP contribution in [0.15, 0.2) is 59.4 Å². The molecule has 0 unspecified atom stereocenters. The van der Waals surface area contributed by atoms with E-state index in [-0.39, 0.29) is 28.5 Å². The molecule has 12 heteroatoms. The fourth-order valence-corrected chi connectivity index (χ4v) is 3.44. The van der Waals surface area contributed by atoms with Gasteiger partial charge in [-0.05, 0) is 69.0 Å². The number of nitrogens with zero attached hydrogens (tertiary/aromatic N) is 3. The second kappa shape index (κ2) is 11.2. The van der Waals surface area contributed by atoms with E-state index in [4.69, 9.17) is 5.73 Å². The number of halogens is 3. The van der Waals surface area contributed by atoms with Crippen LogP contribution in [0.3, 0.4) is 0 Å². The Morgan fingerprint density at radius 1 is 1.08 bits per heavy atom. The molecule has 0 saturated heterocycles. The molecule has 0 aliphatic rings. The summed E-state index contributed by atoms with van der Waals surface area (Å²) in [5.74, 6) is -1.05. The van der Waals surface area contributed by atoms with Gasteiger partial charge in [-0.1, -0.05) is 6.07 Å². The van der Waals surface area contributed by atoms with Crippen LogP contribution in [0, 0.1) is 0 Å². The zero-order valence-electron chi connectivity index (χ0n) is 20.5. The summed E-state index contributed by atoms with van der Waals surface area (Å²) >= 11 is 0. The van der Waals surface area contributed by atoms with Crippen molar-refractivity contribution in [3.8, 4) is 5.69 Å². The van der Waals surface area contributed by atoms with E-state index >= 15 is 0 Å². The third-order valence-electron chi connectivity index (χ3n) is 5.38. The van der Waals surface area contributed by atoms with E-state index in [2.05, 4.69) is 15.7 Å². The smallest absolute Gasteiger partial charge is 0.399 e. The van der Waals surface area contributed by atoms with E-state index < -0.39 is 29.2 Å². The van der Waals surface area contributed by atoms with Crippen molar-refractivity contribution in [3.05, 3.63) is 87.3 Å². The molecule has 9 nitrogen and oxygen atoms in total. The molecule has 1 heterocycles. The van der Waals surface area contributed by atoms with Crippen LogP contribution in [-0.4, -0.2) is 53.7 Å². The van der Waals surface area contributed by atoms with Crippen molar-refractivity contribution in [2.24, 2.45) is 0 Å². The Bertz CT molecular complexity index is 1350. The van der Waals surface area contributed by atoms with Crippen molar-refractivity contribution in [1.82, 2.24) is 25.3 Å². The lowest BCUT2D eigenvalue weighted by Crippen LogP contribution is -2.32. The second-order valence-corrected chi connectivity index (χ2v) is 8.66. The van der Waals surface area contributed by atoms with Crippen molar-refractivity contribution >= 4 is 17.5 Å². The van der Waals surface area contributed by atoms with Gasteiger partial charge in [-0.2, -0.15) is 23.0 Å². The van der Waals surface area contributed by atoms with Crippen molar-refractivity contribution in [1.29, 1.82) is 0 Å². The lowest BCUT2D eigenvalue weighted by molar-refractivity contribution is -0.137. The largest absolute Gasteiger partial charge is 0.416 e. The predicted molar refractivity (Wildman–Crippen MR) is 132 cm³/mol. The molecular weight excluding hydrogens is 489 g/mol. The number of hydrogen-bond donors (Lipinski definition) is 3. The SMILES string of the molecule is C[C@@H](NC(=O)c1ccc(=O)n(-c2cccc(C(=O)NCCN(C)C)c2)n1)c1cc(N)cc(C(F)(F)F)c1. The van der Waals surface area contributed by atoms with Crippen molar-refractivity contribution in [2.75, 3.05) is 32.9 Å².